The first kappa shape index (κ1) is 17.7. The van der Waals surface area contributed by atoms with Crippen LogP contribution >= 0.6 is 11.6 Å². The zero-order valence-corrected chi connectivity index (χ0v) is 13.7. The van der Waals surface area contributed by atoms with Gasteiger partial charge in [0, 0.05) is 12.6 Å². The Kier molecular flexibility index (Phi) is 5.70. The number of pyridine rings is 1. The number of hydrogen-bond acceptors (Lipinski definition) is 4. The maximum absolute atomic E-state index is 11.9. The van der Waals surface area contributed by atoms with Gasteiger partial charge in [0.25, 0.3) is 11.2 Å². The van der Waals surface area contributed by atoms with Crippen molar-refractivity contribution in [3.63, 3.8) is 0 Å². The van der Waals surface area contributed by atoms with Gasteiger partial charge in [0.1, 0.15) is 11.6 Å². The van der Waals surface area contributed by atoms with Gasteiger partial charge in [-0.05, 0) is 24.5 Å². The highest BCUT2D eigenvalue weighted by molar-refractivity contribution is 6.30. The number of benzene rings is 1. The average molecular weight is 350 g/mol. The fraction of sp³-hybridized carbons (Fsp3) is 0.250. The second-order valence-electron chi connectivity index (χ2n) is 5.26. The minimum atomic E-state index is -0.669. The van der Waals surface area contributed by atoms with Crippen LogP contribution in [0.5, 0.6) is 0 Å². The quantitative estimate of drug-likeness (QED) is 0.638. The predicted molar refractivity (Wildman–Crippen MR) is 90.3 cm³/mol. The number of nitrogens with one attached hydrogen (secondary N) is 1. The van der Waals surface area contributed by atoms with Gasteiger partial charge in [-0.1, -0.05) is 35.9 Å². The number of carbonyl (C=O) groups excluding carboxylic acids is 1. The Labute approximate surface area is 143 Å². The van der Waals surface area contributed by atoms with Crippen molar-refractivity contribution in [2.75, 3.05) is 6.54 Å². The van der Waals surface area contributed by atoms with E-state index in [4.69, 9.17) is 11.6 Å². The summed E-state index contributed by atoms with van der Waals surface area (Å²) in [5.74, 6) is -0.415. The SMILES string of the molecule is Cc1ccccc1CCNC(=O)Cn1cc([N+](=O)[O-])cc(Cl)c1=O. The molecule has 1 N–H and O–H groups in total. The normalized spacial score (nSPS) is 10.4. The van der Waals surface area contributed by atoms with Gasteiger partial charge in [-0.25, -0.2) is 0 Å². The van der Waals surface area contributed by atoms with E-state index in [9.17, 15) is 19.7 Å². The Bertz CT molecular complexity index is 832. The van der Waals surface area contributed by atoms with Crippen LogP contribution in [0.25, 0.3) is 0 Å². The first-order chi connectivity index (χ1) is 11.4. The van der Waals surface area contributed by atoms with Crippen molar-refractivity contribution in [3.05, 3.63) is 73.1 Å². The monoisotopic (exact) mass is 349 g/mol. The van der Waals surface area contributed by atoms with E-state index in [2.05, 4.69) is 5.32 Å². The second-order valence-corrected chi connectivity index (χ2v) is 5.67. The van der Waals surface area contributed by atoms with E-state index in [-0.39, 0.29) is 17.3 Å². The molecule has 0 aliphatic rings. The maximum Gasteiger partial charge on any atom is 0.287 e. The molecular formula is C16H16ClN3O4. The fourth-order valence-corrected chi connectivity index (χ4v) is 2.46. The van der Waals surface area contributed by atoms with Crippen molar-refractivity contribution in [2.24, 2.45) is 0 Å². The molecule has 0 radical (unpaired) electrons. The molecule has 24 heavy (non-hydrogen) atoms. The Morgan fingerprint density at radius 3 is 2.75 bits per heavy atom. The van der Waals surface area contributed by atoms with Crippen molar-refractivity contribution in [1.82, 2.24) is 9.88 Å². The van der Waals surface area contributed by atoms with Crippen LogP contribution in [0.4, 0.5) is 5.69 Å². The molecule has 2 rings (SSSR count). The van der Waals surface area contributed by atoms with Crippen molar-refractivity contribution >= 4 is 23.2 Å². The highest BCUT2D eigenvalue weighted by Gasteiger charge is 2.14. The van der Waals surface area contributed by atoms with Crippen LogP contribution in [0.15, 0.2) is 41.3 Å². The van der Waals surface area contributed by atoms with Crippen molar-refractivity contribution in [2.45, 2.75) is 19.9 Å². The number of rotatable bonds is 6. The summed E-state index contributed by atoms with van der Waals surface area (Å²) in [4.78, 5) is 33.9. The number of nitro groups is 1. The van der Waals surface area contributed by atoms with Gasteiger partial charge in [-0.15, -0.1) is 0 Å². The molecule has 1 aromatic heterocycles. The molecule has 7 nitrogen and oxygen atoms in total. The Balaban J connectivity index is 1.99. The third-order valence-corrected chi connectivity index (χ3v) is 3.80. The van der Waals surface area contributed by atoms with Crippen molar-refractivity contribution < 1.29 is 9.72 Å². The van der Waals surface area contributed by atoms with Crippen LogP contribution < -0.4 is 10.9 Å². The molecule has 0 bridgehead atoms. The van der Waals surface area contributed by atoms with Crippen LogP contribution in [0.2, 0.25) is 5.02 Å². The molecular weight excluding hydrogens is 334 g/mol. The van der Waals surface area contributed by atoms with E-state index in [0.29, 0.717) is 13.0 Å². The fourth-order valence-electron chi connectivity index (χ4n) is 2.24. The number of halogens is 1. The molecule has 0 saturated heterocycles. The zero-order chi connectivity index (χ0) is 17.7. The number of carbonyl (C=O) groups is 1. The van der Waals surface area contributed by atoms with Gasteiger partial charge >= 0.3 is 0 Å². The third kappa shape index (κ3) is 4.42. The summed E-state index contributed by atoms with van der Waals surface area (Å²) in [7, 11) is 0. The third-order valence-electron chi connectivity index (χ3n) is 3.53. The lowest BCUT2D eigenvalue weighted by Gasteiger charge is -2.09. The molecule has 8 heteroatoms. The molecule has 0 aliphatic heterocycles. The summed E-state index contributed by atoms with van der Waals surface area (Å²) in [6.45, 7) is 2.07. The summed E-state index contributed by atoms with van der Waals surface area (Å²) < 4.78 is 0.934. The van der Waals surface area contributed by atoms with E-state index >= 15 is 0 Å². The molecule has 0 aliphatic carbocycles. The van der Waals surface area contributed by atoms with Crippen LogP contribution in [-0.2, 0) is 17.8 Å². The Morgan fingerprint density at radius 2 is 2.08 bits per heavy atom. The molecule has 0 fully saturated rings. The number of nitrogens with zero attached hydrogens (tertiary/aromatic N) is 2. The summed E-state index contributed by atoms with van der Waals surface area (Å²) in [6.07, 6.45) is 1.66. The topological polar surface area (TPSA) is 94.2 Å². The highest BCUT2D eigenvalue weighted by atomic mass is 35.5. The largest absolute Gasteiger partial charge is 0.354 e. The van der Waals surface area contributed by atoms with Crippen LogP contribution in [0.1, 0.15) is 11.1 Å². The first-order valence-electron chi connectivity index (χ1n) is 7.24. The Morgan fingerprint density at radius 1 is 1.38 bits per heavy atom. The number of amides is 1. The Hall–Kier alpha value is -2.67. The van der Waals surface area contributed by atoms with Gasteiger partial charge in [-0.3, -0.25) is 24.3 Å². The second kappa shape index (κ2) is 7.74. The minimum Gasteiger partial charge on any atom is -0.354 e. The lowest BCUT2D eigenvalue weighted by molar-refractivity contribution is -0.385. The van der Waals surface area contributed by atoms with Crippen LogP contribution in [0.3, 0.4) is 0 Å². The molecule has 1 aromatic carbocycles. The van der Waals surface area contributed by atoms with Crippen LogP contribution in [-0.4, -0.2) is 21.9 Å². The van der Waals surface area contributed by atoms with E-state index in [1.165, 1.54) is 0 Å². The van der Waals surface area contributed by atoms with Crippen LogP contribution in [0, 0.1) is 17.0 Å². The smallest absolute Gasteiger partial charge is 0.287 e. The van der Waals surface area contributed by atoms with Gasteiger partial charge in [0.15, 0.2) is 0 Å². The lowest BCUT2D eigenvalue weighted by Crippen LogP contribution is -2.33. The molecule has 1 amide bonds. The molecule has 0 saturated carbocycles. The summed E-state index contributed by atoms with van der Waals surface area (Å²) >= 11 is 5.68. The lowest BCUT2D eigenvalue weighted by atomic mass is 10.1. The van der Waals surface area contributed by atoms with E-state index in [1.807, 2.05) is 31.2 Å². The van der Waals surface area contributed by atoms with E-state index in [1.54, 1.807) is 0 Å². The number of aromatic nitrogens is 1. The molecule has 0 spiro atoms. The van der Waals surface area contributed by atoms with Gasteiger partial charge in [-0.2, -0.15) is 0 Å². The average Bonchev–Trinajstić information content (AvgIpc) is 2.53. The van der Waals surface area contributed by atoms with Crippen molar-refractivity contribution in [3.8, 4) is 0 Å². The minimum absolute atomic E-state index is 0.295. The summed E-state index contributed by atoms with van der Waals surface area (Å²) in [6, 6.07) is 8.80. The molecule has 1 heterocycles. The van der Waals surface area contributed by atoms with E-state index in [0.717, 1.165) is 28.0 Å². The predicted octanol–water partition coefficient (Wildman–Crippen LogP) is 2.08. The molecule has 0 atom stereocenters. The van der Waals surface area contributed by atoms with Gasteiger partial charge < -0.3 is 5.32 Å². The standard InChI is InChI=1S/C16H16ClN3O4/c1-11-4-2-3-5-12(11)6-7-18-15(21)10-19-9-13(20(23)24)8-14(17)16(19)22/h2-5,8-9H,6-7,10H2,1H3,(H,18,21). The number of aryl methyl sites for hydroxylation is 1. The maximum atomic E-state index is 11.9. The molecule has 0 unspecified atom stereocenters. The van der Waals surface area contributed by atoms with Gasteiger partial charge in [0.05, 0.1) is 11.1 Å². The summed E-state index contributed by atoms with van der Waals surface area (Å²) in [5.41, 5.74) is 1.27. The van der Waals surface area contributed by atoms with Crippen molar-refractivity contribution in [1.29, 1.82) is 0 Å². The zero-order valence-electron chi connectivity index (χ0n) is 13.0. The van der Waals surface area contributed by atoms with Gasteiger partial charge in [0.2, 0.25) is 5.91 Å². The molecule has 126 valence electrons. The highest BCUT2D eigenvalue weighted by Crippen LogP contribution is 2.13. The summed E-state index contributed by atoms with van der Waals surface area (Å²) in [5, 5.41) is 13.2. The van der Waals surface area contributed by atoms with E-state index < -0.39 is 16.4 Å². The first-order valence-corrected chi connectivity index (χ1v) is 7.62. The molecule has 2 aromatic rings. The number of hydrogen-bond donors (Lipinski definition) is 1.